The summed E-state index contributed by atoms with van der Waals surface area (Å²) in [5, 5.41) is 0. The van der Waals surface area contributed by atoms with Gasteiger partial charge in [-0.25, -0.2) is 0 Å². The highest BCUT2D eigenvalue weighted by Gasteiger charge is 2.38. The molecule has 0 bridgehead atoms. The molecule has 1 nitrogen and oxygen atoms in total. The van der Waals surface area contributed by atoms with Gasteiger partial charge in [-0.1, -0.05) is 6.08 Å². The van der Waals surface area contributed by atoms with E-state index in [2.05, 4.69) is 0 Å². The van der Waals surface area contributed by atoms with Crippen LogP contribution < -0.4 is 5.73 Å². The predicted molar refractivity (Wildman–Crippen MR) is 38.6 cm³/mol. The molecule has 1 aliphatic carbocycles. The van der Waals surface area contributed by atoms with Crippen molar-refractivity contribution in [2.24, 2.45) is 5.73 Å². The van der Waals surface area contributed by atoms with Gasteiger partial charge in [-0.3, -0.25) is 0 Å². The van der Waals surface area contributed by atoms with Gasteiger partial charge in [0.1, 0.15) is 0 Å². The number of allylic oxidation sites excluding steroid dienone is 1. The van der Waals surface area contributed by atoms with E-state index in [0.717, 1.165) is 0 Å². The Balaban J connectivity index is 0.000001000. The molecule has 0 heterocycles. The minimum absolute atomic E-state index is 0. The van der Waals surface area contributed by atoms with E-state index in [9.17, 15) is 13.2 Å². The van der Waals surface area contributed by atoms with Crippen molar-refractivity contribution < 1.29 is 13.2 Å². The van der Waals surface area contributed by atoms with Crippen LogP contribution in [0.1, 0.15) is 12.8 Å². The maximum atomic E-state index is 11.9. The lowest BCUT2D eigenvalue weighted by Gasteiger charge is -2.11. The fourth-order valence-corrected chi connectivity index (χ4v) is 1.05. The zero-order valence-electron chi connectivity index (χ0n) is 5.69. The van der Waals surface area contributed by atoms with Crippen LogP contribution in [0.3, 0.4) is 0 Å². The molecule has 0 saturated heterocycles. The van der Waals surface area contributed by atoms with Crippen molar-refractivity contribution in [1.82, 2.24) is 0 Å². The molecule has 5 heteroatoms. The molecule has 0 amide bonds. The molecular weight excluding hydrogens is 179 g/mol. The Kier molecular flexibility index (Phi) is 3.38. The van der Waals surface area contributed by atoms with Gasteiger partial charge in [0.25, 0.3) is 0 Å². The largest absolute Gasteiger partial charge is 0.413 e. The summed E-state index contributed by atoms with van der Waals surface area (Å²) in [6.45, 7) is 0. The van der Waals surface area contributed by atoms with Crippen molar-refractivity contribution in [3.63, 3.8) is 0 Å². The quantitative estimate of drug-likeness (QED) is 0.577. The number of rotatable bonds is 0. The molecule has 1 rings (SSSR count). The summed E-state index contributed by atoms with van der Waals surface area (Å²) in [4.78, 5) is 0. The van der Waals surface area contributed by atoms with E-state index >= 15 is 0 Å². The molecule has 0 spiro atoms. The van der Waals surface area contributed by atoms with E-state index in [1.165, 1.54) is 6.08 Å². The Hall–Kier alpha value is -0.220. The molecule has 11 heavy (non-hydrogen) atoms. The second-order valence-corrected chi connectivity index (χ2v) is 2.34. The lowest BCUT2D eigenvalue weighted by atomic mass is 10.1. The molecule has 2 N–H and O–H groups in total. The molecular formula is C6H9ClF3N. The van der Waals surface area contributed by atoms with Crippen molar-refractivity contribution in [2.75, 3.05) is 0 Å². The van der Waals surface area contributed by atoms with Gasteiger partial charge in [-0.05, 0) is 12.8 Å². The van der Waals surface area contributed by atoms with Gasteiger partial charge in [-0.15, -0.1) is 12.4 Å². The van der Waals surface area contributed by atoms with E-state index in [-0.39, 0.29) is 12.4 Å². The summed E-state index contributed by atoms with van der Waals surface area (Å²) in [7, 11) is 0. The summed E-state index contributed by atoms with van der Waals surface area (Å²) in [5.74, 6) is 0. The van der Waals surface area contributed by atoms with E-state index in [4.69, 9.17) is 5.73 Å². The highest BCUT2D eigenvalue weighted by molar-refractivity contribution is 5.85. The van der Waals surface area contributed by atoms with E-state index in [0.29, 0.717) is 12.8 Å². The van der Waals surface area contributed by atoms with Gasteiger partial charge in [0, 0.05) is 11.6 Å². The second-order valence-electron chi connectivity index (χ2n) is 2.34. The van der Waals surface area contributed by atoms with Crippen molar-refractivity contribution in [1.29, 1.82) is 0 Å². The van der Waals surface area contributed by atoms with Crippen LogP contribution in [0.25, 0.3) is 0 Å². The number of hydrogen-bond donors (Lipinski definition) is 1. The Labute approximate surface area is 68.9 Å². The normalized spacial score (nSPS) is 24.4. The van der Waals surface area contributed by atoms with Crippen LogP contribution in [0.4, 0.5) is 13.2 Å². The summed E-state index contributed by atoms with van der Waals surface area (Å²) in [6.07, 6.45) is -2.16. The summed E-state index contributed by atoms with van der Waals surface area (Å²) < 4.78 is 35.6. The van der Waals surface area contributed by atoms with Gasteiger partial charge in [0.15, 0.2) is 0 Å². The Morgan fingerprint density at radius 2 is 2.00 bits per heavy atom. The molecule has 1 unspecified atom stereocenters. The second kappa shape index (κ2) is 3.45. The van der Waals surface area contributed by atoms with Crippen molar-refractivity contribution >= 4 is 12.4 Å². The third-order valence-electron chi connectivity index (χ3n) is 1.57. The first-order valence-electron chi connectivity index (χ1n) is 3.04. The van der Waals surface area contributed by atoms with Crippen molar-refractivity contribution in [3.05, 3.63) is 11.6 Å². The van der Waals surface area contributed by atoms with Crippen molar-refractivity contribution in [3.8, 4) is 0 Å². The molecule has 0 fully saturated rings. The van der Waals surface area contributed by atoms with Crippen molar-refractivity contribution in [2.45, 2.75) is 25.1 Å². The first kappa shape index (κ1) is 10.8. The van der Waals surface area contributed by atoms with Crippen LogP contribution in [-0.2, 0) is 0 Å². The van der Waals surface area contributed by atoms with Crippen LogP contribution in [0.2, 0.25) is 0 Å². The molecule has 0 aromatic carbocycles. The fourth-order valence-electron chi connectivity index (χ4n) is 1.05. The van der Waals surface area contributed by atoms with Gasteiger partial charge < -0.3 is 5.73 Å². The van der Waals surface area contributed by atoms with Crippen LogP contribution in [0, 0.1) is 0 Å². The molecule has 66 valence electrons. The first-order chi connectivity index (χ1) is 4.52. The Bertz CT molecular complexity index is 164. The minimum atomic E-state index is -4.21. The van der Waals surface area contributed by atoms with Gasteiger partial charge in [-0.2, -0.15) is 13.2 Å². The summed E-state index contributed by atoms with van der Waals surface area (Å²) >= 11 is 0. The summed E-state index contributed by atoms with van der Waals surface area (Å²) in [5.41, 5.74) is 4.61. The third kappa shape index (κ3) is 2.38. The number of halogens is 4. The maximum Gasteiger partial charge on any atom is 0.413 e. The zero-order valence-corrected chi connectivity index (χ0v) is 6.50. The van der Waals surface area contributed by atoms with Crippen LogP contribution in [0.15, 0.2) is 11.6 Å². The van der Waals surface area contributed by atoms with E-state index in [1.54, 1.807) is 0 Å². The Morgan fingerprint density at radius 3 is 2.18 bits per heavy atom. The maximum absolute atomic E-state index is 11.9. The number of hydrogen-bond acceptors (Lipinski definition) is 1. The fraction of sp³-hybridized carbons (Fsp3) is 0.667. The van der Waals surface area contributed by atoms with Gasteiger partial charge in [0.05, 0.1) is 0 Å². The third-order valence-corrected chi connectivity index (χ3v) is 1.57. The van der Waals surface area contributed by atoms with E-state index < -0.39 is 17.8 Å². The smallest absolute Gasteiger partial charge is 0.324 e. The molecule has 0 aromatic rings. The Morgan fingerprint density at radius 1 is 1.45 bits per heavy atom. The monoisotopic (exact) mass is 187 g/mol. The molecule has 0 aromatic heterocycles. The SMILES string of the molecule is Cl.NC1CCC=C1C(F)(F)F. The van der Waals surface area contributed by atoms with Gasteiger partial charge in [0.2, 0.25) is 0 Å². The average molecular weight is 188 g/mol. The average Bonchev–Trinajstić information content (AvgIpc) is 2.11. The van der Waals surface area contributed by atoms with Gasteiger partial charge >= 0.3 is 6.18 Å². The molecule has 1 aliphatic rings. The standard InChI is InChI=1S/C6H8F3N.ClH/c7-6(8,9)4-2-1-3-5(4)10;/h2,5H,1,3,10H2;1H. The molecule has 0 radical (unpaired) electrons. The predicted octanol–water partition coefficient (Wildman–Crippen LogP) is 2.02. The van der Waals surface area contributed by atoms with Crippen LogP contribution in [-0.4, -0.2) is 12.2 Å². The zero-order chi connectivity index (χ0) is 7.78. The highest BCUT2D eigenvalue weighted by Crippen LogP contribution is 2.32. The molecule has 0 saturated carbocycles. The van der Waals surface area contributed by atoms with Crippen LogP contribution >= 0.6 is 12.4 Å². The minimum Gasteiger partial charge on any atom is -0.324 e. The lowest BCUT2D eigenvalue weighted by molar-refractivity contribution is -0.0945. The van der Waals surface area contributed by atoms with E-state index in [1.807, 2.05) is 0 Å². The molecule has 0 aliphatic heterocycles. The summed E-state index contributed by atoms with van der Waals surface area (Å²) in [6, 6.07) is -0.792. The lowest BCUT2D eigenvalue weighted by Crippen LogP contribution is -2.28. The number of nitrogens with two attached hydrogens (primary N) is 1. The first-order valence-corrected chi connectivity index (χ1v) is 3.04. The highest BCUT2D eigenvalue weighted by atomic mass is 35.5. The topological polar surface area (TPSA) is 26.0 Å². The number of alkyl halides is 3. The molecule has 1 atom stereocenters. The van der Waals surface area contributed by atoms with Crippen LogP contribution in [0.5, 0.6) is 0 Å².